The molecular weight excluding hydrogens is 224 g/mol. The van der Waals surface area contributed by atoms with Gasteiger partial charge in [0, 0.05) is 31.5 Å². The lowest BCUT2D eigenvalue weighted by atomic mass is 10.1. The molecule has 0 fully saturated rings. The first-order chi connectivity index (χ1) is 7.66. The minimum Gasteiger partial charge on any atom is -0.382 e. The van der Waals surface area contributed by atoms with E-state index in [1.54, 1.807) is 6.08 Å². The van der Waals surface area contributed by atoms with Crippen molar-refractivity contribution < 1.29 is 9.53 Å². The number of thiol groups is 1. The van der Waals surface area contributed by atoms with Crippen molar-refractivity contribution in [2.75, 3.05) is 19.8 Å². The van der Waals surface area contributed by atoms with Crippen molar-refractivity contribution in [3.8, 4) is 0 Å². The zero-order valence-corrected chi connectivity index (χ0v) is 10.3. The van der Waals surface area contributed by atoms with Crippen molar-refractivity contribution in [1.29, 1.82) is 0 Å². The summed E-state index contributed by atoms with van der Waals surface area (Å²) >= 11 is 4.38. The van der Waals surface area contributed by atoms with Gasteiger partial charge in [-0.25, -0.2) is 0 Å². The predicted octanol–water partition coefficient (Wildman–Crippen LogP) is 0.910. The van der Waals surface area contributed by atoms with Gasteiger partial charge in [-0.1, -0.05) is 0 Å². The number of allylic oxidation sites excluding steroid dienone is 2. The molecule has 1 aliphatic rings. The standard InChI is InChI=1S/C11H18N2O2S/c1-2-15-8-4-7-13-6-3-5-9(10(12)14)11(13)16/h3,5-6,11,16H,2,4,7-8H2,1H3,(H2,12,14). The average Bonchev–Trinajstić information content (AvgIpc) is 2.26. The van der Waals surface area contributed by atoms with Crippen molar-refractivity contribution in [3.05, 3.63) is 23.9 Å². The monoisotopic (exact) mass is 242 g/mol. The van der Waals surface area contributed by atoms with Gasteiger partial charge < -0.3 is 15.4 Å². The zero-order valence-electron chi connectivity index (χ0n) is 9.43. The maximum atomic E-state index is 11.1. The second-order valence-corrected chi connectivity index (χ2v) is 3.98. The van der Waals surface area contributed by atoms with Crippen LogP contribution in [-0.2, 0) is 9.53 Å². The van der Waals surface area contributed by atoms with E-state index in [4.69, 9.17) is 10.5 Å². The molecule has 5 heteroatoms. The third-order valence-electron chi connectivity index (χ3n) is 2.34. The van der Waals surface area contributed by atoms with E-state index in [9.17, 15) is 4.79 Å². The Morgan fingerprint density at radius 2 is 2.44 bits per heavy atom. The predicted molar refractivity (Wildman–Crippen MR) is 67.0 cm³/mol. The van der Waals surface area contributed by atoms with Crippen LogP contribution in [0.15, 0.2) is 23.9 Å². The highest BCUT2D eigenvalue weighted by molar-refractivity contribution is 7.81. The summed E-state index contributed by atoms with van der Waals surface area (Å²) in [6.07, 6.45) is 6.34. The fourth-order valence-electron chi connectivity index (χ4n) is 1.50. The molecule has 0 saturated carbocycles. The molecule has 1 atom stereocenters. The Hall–Kier alpha value is -0.940. The van der Waals surface area contributed by atoms with Crippen LogP contribution in [0.2, 0.25) is 0 Å². The molecule has 0 radical (unpaired) electrons. The Bertz CT molecular complexity index is 302. The first-order valence-corrected chi connectivity index (χ1v) is 5.88. The van der Waals surface area contributed by atoms with Gasteiger partial charge in [0.25, 0.3) is 0 Å². The third-order valence-corrected chi connectivity index (χ3v) is 2.91. The summed E-state index contributed by atoms with van der Waals surface area (Å²) in [4.78, 5) is 13.1. The highest BCUT2D eigenvalue weighted by Crippen LogP contribution is 2.19. The normalized spacial score (nSPS) is 19.8. The van der Waals surface area contributed by atoms with E-state index in [1.165, 1.54) is 0 Å². The number of hydrogen-bond acceptors (Lipinski definition) is 4. The van der Waals surface area contributed by atoms with E-state index in [1.807, 2.05) is 24.1 Å². The number of primary amides is 1. The van der Waals surface area contributed by atoms with Crippen molar-refractivity contribution in [2.24, 2.45) is 5.73 Å². The van der Waals surface area contributed by atoms with E-state index in [2.05, 4.69) is 12.6 Å². The smallest absolute Gasteiger partial charge is 0.247 e. The fourth-order valence-corrected chi connectivity index (χ4v) is 1.91. The van der Waals surface area contributed by atoms with Gasteiger partial charge in [-0.15, -0.1) is 12.6 Å². The van der Waals surface area contributed by atoms with Crippen LogP contribution in [0.4, 0.5) is 0 Å². The Labute approximate surface area is 102 Å². The van der Waals surface area contributed by atoms with Crippen LogP contribution in [0.3, 0.4) is 0 Å². The summed E-state index contributed by atoms with van der Waals surface area (Å²) in [5.41, 5.74) is 5.78. The van der Waals surface area contributed by atoms with Gasteiger partial charge in [0.05, 0.1) is 0 Å². The van der Waals surface area contributed by atoms with Crippen molar-refractivity contribution in [2.45, 2.75) is 18.7 Å². The molecule has 16 heavy (non-hydrogen) atoms. The number of rotatable bonds is 6. The van der Waals surface area contributed by atoms with Gasteiger partial charge in [-0.2, -0.15) is 0 Å². The molecule has 90 valence electrons. The number of hydrogen-bond donors (Lipinski definition) is 2. The first kappa shape index (κ1) is 13.1. The largest absolute Gasteiger partial charge is 0.382 e. The molecule has 0 aromatic heterocycles. The highest BCUT2D eigenvalue weighted by atomic mass is 32.1. The number of carbonyl (C=O) groups excluding carboxylic acids is 1. The summed E-state index contributed by atoms with van der Waals surface area (Å²) in [6, 6.07) is 0. The Balaban J connectivity index is 2.42. The SMILES string of the molecule is CCOCCCN1C=CC=C(C(N)=O)C1S. The first-order valence-electron chi connectivity index (χ1n) is 5.36. The third kappa shape index (κ3) is 3.57. The van der Waals surface area contributed by atoms with Crippen LogP contribution in [0.1, 0.15) is 13.3 Å². The van der Waals surface area contributed by atoms with Gasteiger partial charge in [0.15, 0.2) is 0 Å². The molecule has 1 amide bonds. The molecule has 4 nitrogen and oxygen atoms in total. The molecule has 1 heterocycles. The summed E-state index contributed by atoms with van der Waals surface area (Å²) in [5.74, 6) is -0.417. The molecule has 0 spiro atoms. The van der Waals surface area contributed by atoms with E-state index in [0.29, 0.717) is 5.57 Å². The van der Waals surface area contributed by atoms with Crippen molar-refractivity contribution >= 4 is 18.5 Å². The lowest BCUT2D eigenvalue weighted by Crippen LogP contribution is -2.36. The molecule has 0 aliphatic carbocycles. The second-order valence-electron chi connectivity index (χ2n) is 3.49. The lowest BCUT2D eigenvalue weighted by molar-refractivity contribution is -0.114. The summed E-state index contributed by atoms with van der Waals surface area (Å²) in [6.45, 7) is 4.22. The van der Waals surface area contributed by atoms with Gasteiger partial charge in [-0.05, 0) is 25.5 Å². The lowest BCUT2D eigenvalue weighted by Gasteiger charge is -2.30. The molecule has 1 unspecified atom stereocenters. The van der Waals surface area contributed by atoms with E-state index < -0.39 is 5.91 Å². The maximum absolute atomic E-state index is 11.1. The Morgan fingerprint density at radius 3 is 3.06 bits per heavy atom. The van der Waals surface area contributed by atoms with Crippen LogP contribution in [0.5, 0.6) is 0 Å². The summed E-state index contributed by atoms with van der Waals surface area (Å²) in [7, 11) is 0. The van der Waals surface area contributed by atoms with Crippen LogP contribution in [-0.4, -0.2) is 35.9 Å². The van der Waals surface area contributed by atoms with E-state index in [0.717, 1.165) is 26.2 Å². The molecular formula is C11H18N2O2S. The minimum absolute atomic E-state index is 0.246. The average molecular weight is 242 g/mol. The molecule has 0 aromatic rings. The molecule has 0 aromatic carbocycles. The van der Waals surface area contributed by atoms with Gasteiger partial charge in [-0.3, -0.25) is 4.79 Å². The minimum atomic E-state index is -0.417. The van der Waals surface area contributed by atoms with Crippen molar-refractivity contribution in [3.63, 3.8) is 0 Å². The van der Waals surface area contributed by atoms with Crippen molar-refractivity contribution in [1.82, 2.24) is 4.90 Å². The zero-order chi connectivity index (χ0) is 12.0. The molecule has 1 rings (SSSR count). The van der Waals surface area contributed by atoms with E-state index in [-0.39, 0.29) is 5.37 Å². The molecule has 1 aliphatic heterocycles. The topological polar surface area (TPSA) is 55.6 Å². The Morgan fingerprint density at radius 1 is 1.69 bits per heavy atom. The number of carbonyl (C=O) groups is 1. The number of nitrogens with zero attached hydrogens (tertiary/aromatic N) is 1. The van der Waals surface area contributed by atoms with Crippen LogP contribution in [0.25, 0.3) is 0 Å². The quantitative estimate of drug-likeness (QED) is 0.538. The number of amides is 1. The summed E-state index contributed by atoms with van der Waals surface area (Å²) in [5, 5.41) is -0.246. The second kappa shape index (κ2) is 6.60. The van der Waals surface area contributed by atoms with Crippen LogP contribution >= 0.6 is 12.6 Å². The fraction of sp³-hybridized carbons (Fsp3) is 0.545. The molecule has 0 bridgehead atoms. The Kier molecular flexibility index (Phi) is 5.42. The van der Waals surface area contributed by atoms with Gasteiger partial charge in [0.2, 0.25) is 5.91 Å². The van der Waals surface area contributed by atoms with Gasteiger partial charge >= 0.3 is 0 Å². The maximum Gasteiger partial charge on any atom is 0.247 e. The summed E-state index contributed by atoms with van der Waals surface area (Å²) < 4.78 is 5.25. The number of ether oxygens (including phenoxy) is 1. The van der Waals surface area contributed by atoms with Gasteiger partial charge in [0.1, 0.15) is 5.37 Å². The number of nitrogens with two attached hydrogens (primary N) is 1. The van der Waals surface area contributed by atoms with E-state index >= 15 is 0 Å². The van der Waals surface area contributed by atoms with Crippen LogP contribution in [0, 0.1) is 0 Å². The molecule has 2 N–H and O–H groups in total. The molecule has 0 saturated heterocycles. The highest BCUT2D eigenvalue weighted by Gasteiger charge is 2.21. The van der Waals surface area contributed by atoms with Crippen LogP contribution < -0.4 is 5.73 Å².